The third-order valence-electron chi connectivity index (χ3n) is 2.42. The molecule has 2 aromatic rings. The van der Waals surface area contributed by atoms with E-state index in [2.05, 4.69) is 23.4 Å². The van der Waals surface area contributed by atoms with Gasteiger partial charge < -0.3 is 9.67 Å². The van der Waals surface area contributed by atoms with Crippen molar-refractivity contribution in [2.75, 3.05) is 0 Å². The van der Waals surface area contributed by atoms with Crippen LogP contribution in [0.4, 0.5) is 0 Å². The molecule has 0 saturated carbocycles. The Kier molecular flexibility index (Phi) is 2.95. The summed E-state index contributed by atoms with van der Waals surface area (Å²) in [5.41, 5.74) is 2.04. The molecule has 0 unspecified atom stereocenters. The SMILES string of the molecule is CC(C)Cn1cncc1-c1cccc(O)c1. The summed E-state index contributed by atoms with van der Waals surface area (Å²) < 4.78 is 2.11. The van der Waals surface area contributed by atoms with Crippen molar-refractivity contribution in [2.45, 2.75) is 20.4 Å². The second kappa shape index (κ2) is 4.39. The molecule has 1 N–H and O–H groups in total. The Morgan fingerprint density at radius 1 is 1.38 bits per heavy atom. The van der Waals surface area contributed by atoms with Crippen LogP contribution in [0.2, 0.25) is 0 Å². The second-order valence-corrected chi connectivity index (χ2v) is 4.38. The predicted octanol–water partition coefficient (Wildman–Crippen LogP) is 2.91. The molecule has 0 amide bonds. The molecule has 3 nitrogen and oxygen atoms in total. The largest absolute Gasteiger partial charge is 0.508 e. The number of nitrogens with zero attached hydrogens (tertiary/aromatic N) is 2. The molecular weight excluding hydrogens is 200 g/mol. The minimum absolute atomic E-state index is 0.287. The average Bonchev–Trinajstić information content (AvgIpc) is 2.65. The number of aromatic hydroxyl groups is 1. The first-order valence-corrected chi connectivity index (χ1v) is 5.46. The topological polar surface area (TPSA) is 38.0 Å². The van der Waals surface area contributed by atoms with Crippen molar-refractivity contribution in [3.8, 4) is 17.0 Å². The quantitative estimate of drug-likeness (QED) is 0.856. The monoisotopic (exact) mass is 216 g/mol. The number of rotatable bonds is 3. The van der Waals surface area contributed by atoms with Crippen LogP contribution in [0.5, 0.6) is 5.75 Å². The summed E-state index contributed by atoms with van der Waals surface area (Å²) in [5, 5.41) is 9.45. The Morgan fingerprint density at radius 3 is 2.88 bits per heavy atom. The smallest absolute Gasteiger partial charge is 0.116 e. The van der Waals surface area contributed by atoms with Crippen LogP contribution in [0.15, 0.2) is 36.8 Å². The zero-order valence-electron chi connectivity index (χ0n) is 9.59. The van der Waals surface area contributed by atoms with Crippen molar-refractivity contribution in [2.24, 2.45) is 5.92 Å². The van der Waals surface area contributed by atoms with Gasteiger partial charge in [-0.25, -0.2) is 4.98 Å². The van der Waals surface area contributed by atoms with Crippen LogP contribution in [0.3, 0.4) is 0 Å². The van der Waals surface area contributed by atoms with Gasteiger partial charge in [0.2, 0.25) is 0 Å². The number of imidazole rings is 1. The molecule has 0 bridgehead atoms. The van der Waals surface area contributed by atoms with E-state index < -0.39 is 0 Å². The van der Waals surface area contributed by atoms with E-state index in [-0.39, 0.29) is 5.75 Å². The zero-order valence-corrected chi connectivity index (χ0v) is 9.59. The van der Waals surface area contributed by atoms with Crippen molar-refractivity contribution in [1.82, 2.24) is 9.55 Å². The maximum atomic E-state index is 9.45. The van der Waals surface area contributed by atoms with Gasteiger partial charge in [0.1, 0.15) is 5.75 Å². The lowest BCUT2D eigenvalue weighted by atomic mass is 10.1. The summed E-state index contributed by atoms with van der Waals surface area (Å²) in [6, 6.07) is 7.26. The van der Waals surface area contributed by atoms with Gasteiger partial charge in [-0.15, -0.1) is 0 Å². The van der Waals surface area contributed by atoms with E-state index in [9.17, 15) is 5.11 Å². The van der Waals surface area contributed by atoms with Crippen LogP contribution in [-0.2, 0) is 6.54 Å². The number of phenols is 1. The Hall–Kier alpha value is -1.77. The Morgan fingerprint density at radius 2 is 2.19 bits per heavy atom. The minimum atomic E-state index is 0.287. The van der Waals surface area contributed by atoms with E-state index in [0.29, 0.717) is 5.92 Å². The summed E-state index contributed by atoms with van der Waals surface area (Å²) in [4.78, 5) is 4.16. The highest BCUT2D eigenvalue weighted by atomic mass is 16.3. The maximum absolute atomic E-state index is 9.45. The van der Waals surface area contributed by atoms with Crippen molar-refractivity contribution < 1.29 is 5.11 Å². The van der Waals surface area contributed by atoms with Crippen molar-refractivity contribution >= 4 is 0 Å². The van der Waals surface area contributed by atoms with Crippen LogP contribution >= 0.6 is 0 Å². The van der Waals surface area contributed by atoms with Gasteiger partial charge in [0, 0.05) is 12.1 Å². The average molecular weight is 216 g/mol. The molecule has 0 fully saturated rings. The van der Waals surface area contributed by atoms with Crippen LogP contribution in [0.1, 0.15) is 13.8 Å². The number of hydrogen-bond acceptors (Lipinski definition) is 2. The third-order valence-corrected chi connectivity index (χ3v) is 2.42. The highest BCUT2D eigenvalue weighted by molar-refractivity contribution is 5.60. The van der Waals surface area contributed by atoms with Crippen molar-refractivity contribution in [1.29, 1.82) is 0 Å². The van der Waals surface area contributed by atoms with E-state index in [1.54, 1.807) is 12.1 Å². The summed E-state index contributed by atoms with van der Waals surface area (Å²) in [6.07, 6.45) is 3.66. The predicted molar refractivity (Wildman–Crippen MR) is 64.2 cm³/mol. The molecule has 0 radical (unpaired) electrons. The molecule has 0 spiro atoms. The normalized spacial score (nSPS) is 10.9. The molecule has 16 heavy (non-hydrogen) atoms. The number of aromatic nitrogens is 2. The molecule has 1 aromatic heterocycles. The Bertz CT molecular complexity index is 474. The van der Waals surface area contributed by atoms with Crippen LogP contribution in [0, 0.1) is 5.92 Å². The lowest BCUT2D eigenvalue weighted by molar-refractivity contribution is 0.475. The zero-order chi connectivity index (χ0) is 11.5. The number of phenolic OH excluding ortho intramolecular Hbond substituents is 1. The van der Waals surface area contributed by atoms with Crippen LogP contribution in [0.25, 0.3) is 11.3 Å². The molecule has 3 heteroatoms. The molecule has 0 aliphatic carbocycles. The molecule has 0 aliphatic rings. The van der Waals surface area contributed by atoms with Crippen molar-refractivity contribution in [3.63, 3.8) is 0 Å². The van der Waals surface area contributed by atoms with Crippen LogP contribution in [-0.4, -0.2) is 14.7 Å². The first-order chi connectivity index (χ1) is 7.66. The first kappa shape index (κ1) is 10.7. The fourth-order valence-electron chi connectivity index (χ4n) is 1.77. The number of benzene rings is 1. The molecule has 1 aromatic carbocycles. The Labute approximate surface area is 95.4 Å². The molecular formula is C13H16N2O. The minimum Gasteiger partial charge on any atom is -0.508 e. The van der Waals surface area contributed by atoms with E-state index in [4.69, 9.17) is 0 Å². The lowest BCUT2D eigenvalue weighted by Gasteiger charge is -2.10. The first-order valence-electron chi connectivity index (χ1n) is 5.46. The highest BCUT2D eigenvalue weighted by Crippen LogP contribution is 2.23. The summed E-state index contributed by atoms with van der Waals surface area (Å²) in [6.45, 7) is 5.28. The van der Waals surface area contributed by atoms with Gasteiger partial charge in [0.25, 0.3) is 0 Å². The number of hydrogen-bond donors (Lipinski definition) is 1. The standard InChI is InChI=1S/C13H16N2O/c1-10(2)8-15-9-14-7-13(15)11-4-3-5-12(16)6-11/h3-7,9-10,16H,8H2,1-2H3. The van der Waals surface area contributed by atoms with Gasteiger partial charge in [-0.05, 0) is 18.1 Å². The fourth-order valence-corrected chi connectivity index (χ4v) is 1.77. The van der Waals surface area contributed by atoms with Gasteiger partial charge in [-0.3, -0.25) is 0 Å². The highest BCUT2D eigenvalue weighted by Gasteiger charge is 2.06. The lowest BCUT2D eigenvalue weighted by Crippen LogP contribution is -2.04. The van der Waals surface area contributed by atoms with E-state index in [1.807, 2.05) is 24.7 Å². The van der Waals surface area contributed by atoms with Gasteiger partial charge in [0.05, 0.1) is 18.2 Å². The summed E-state index contributed by atoms with van der Waals surface area (Å²) in [5.74, 6) is 0.861. The third kappa shape index (κ3) is 2.24. The maximum Gasteiger partial charge on any atom is 0.116 e. The summed E-state index contributed by atoms with van der Waals surface area (Å²) in [7, 11) is 0. The van der Waals surface area contributed by atoms with Gasteiger partial charge in [-0.2, -0.15) is 0 Å². The Balaban J connectivity index is 2.37. The molecule has 0 saturated heterocycles. The van der Waals surface area contributed by atoms with Gasteiger partial charge in [-0.1, -0.05) is 26.0 Å². The van der Waals surface area contributed by atoms with Gasteiger partial charge in [0.15, 0.2) is 0 Å². The molecule has 2 rings (SSSR count). The van der Waals surface area contributed by atoms with Gasteiger partial charge >= 0.3 is 0 Å². The van der Waals surface area contributed by atoms with E-state index in [0.717, 1.165) is 17.8 Å². The van der Waals surface area contributed by atoms with E-state index in [1.165, 1.54) is 0 Å². The fraction of sp³-hybridized carbons (Fsp3) is 0.308. The molecule has 84 valence electrons. The van der Waals surface area contributed by atoms with Crippen LogP contribution < -0.4 is 0 Å². The summed E-state index contributed by atoms with van der Waals surface area (Å²) >= 11 is 0. The second-order valence-electron chi connectivity index (χ2n) is 4.38. The molecule has 0 aliphatic heterocycles. The molecule has 0 atom stereocenters. The van der Waals surface area contributed by atoms with Crippen molar-refractivity contribution in [3.05, 3.63) is 36.8 Å². The van der Waals surface area contributed by atoms with E-state index >= 15 is 0 Å². The molecule has 1 heterocycles.